The van der Waals surface area contributed by atoms with E-state index in [0.717, 1.165) is 0 Å². The van der Waals surface area contributed by atoms with Crippen LogP contribution in [0.2, 0.25) is 5.02 Å². The van der Waals surface area contributed by atoms with Crippen LogP contribution in [0.15, 0.2) is 18.2 Å². The van der Waals surface area contributed by atoms with E-state index in [1.807, 2.05) is 6.92 Å². The highest BCUT2D eigenvalue weighted by atomic mass is 35.5. The van der Waals surface area contributed by atoms with Gasteiger partial charge in [-0.05, 0) is 37.1 Å². The highest BCUT2D eigenvalue weighted by Crippen LogP contribution is 2.29. The first-order valence-corrected chi connectivity index (χ1v) is 4.77. The monoisotopic (exact) mass is 211 g/mol. The summed E-state index contributed by atoms with van der Waals surface area (Å²) in [5.41, 5.74) is -0.0290. The maximum Gasteiger partial charge on any atom is 0.125 e. The van der Waals surface area contributed by atoms with E-state index in [9.17, 15) is 4.39 Å². The smallest absolute Gasteiger partial charge is 0.125 e. The van der Waals surface area contributed by atoms with E-state index in [4.69, 9.17) is 16.9 Å². The van der Waals surface area contributed by atoms with Gasteiger partial charge in [0.15, 0.2) is 0 Å². The minimum atomic E-state index is -0.661. The minimum Gasteiger partial charge on any atom is -0.207 e. The Kier molecular flexibility index (Phi) is 3.13. The van der Waals surface area contributed by atoms with Crippen molar-refractivity contribution >= 4 is 11.6 Å². The van der Waals surface area contributed by atoms with Gasteiger partial charge >= 0.3 is 0 Å². The molecule has 0 N–H and O–H groups in total. The number of rotatable bonds is 2. The molecule has 0 radical (unpaired) electrons. The van der Waals surface area contributed by atoms with Crippen LogP contribution in [0.25, 0.3) is 0 Å². The summed E-state index contributed by atoms with van der Waals surface area (Å²) >= 11 is 5.72. The van der Waals surface area contributed by atoms with Gasteiger partial charge in [-0.2, -0.15) is 5.26 Å². The van der Waals surface area contributed by atoms with Gasteiger partial charge in [-0.25, -0.2) is 4.39 Å². The predicted molar refractivity (Wildman–Crippen MR) is 54.7 cm³/mol. The fourth-order valence-corrected chi connectivity index (χ4v) is 1.44. The zero-order chi connectivity index (χ0) is 10.8. The van der Waals surface area contributed by atoms with E-state index < -0.39 is 11.2 Å². The number of nitriles is 1. The third-order valence-electron chi connectivity index (χ3n) is 2.45. The molecular formula is C11H11ClFN. The van der Waals surface area contributed by atoms with Crippen molar-refractivity contribution in [2.45, 2.75) is 25.7 Å². The van der Waals surface area contributed by atoms with Crippen molar-refractivity contribution in [3.63, 3.8) is 0 Å². The molecule has 0 aliphatic rings. The quantitative estimate of drug-likeness (QED) is 0.732. The van der Waals surface area contributed by atoms with Crippen molar-refractivity contribution in [2.75, 3.05) is 0 Å². The summed E-state index contributed by atoms with van der Waals surface area (Å²) in [6.07, 6.45) is 0.628. The van der Waals surface area contributed by atoms with E-state index in [2.05, 4.69) is 6.07 Å². The van der Waals surface area contributed by atoms with Crippen LogP contribution in [0.1, 0.15) is 25.8 Å². The van der Waals surface area contributed by atoms with Gasteiger partial charge < -0.3 is 0 Å². The maximum atomic E-state index is 13.0. The van der Waals surface area contributed by atoms with Gasteiger partial charge in [-0.1, -0.05) is 18.5 Å². The van der Waals surface area contributed by atoms with Crippen molar-refractivity contribution in [2.24, 2.45) is 0 Å². The Morgan fingerprint density at radius 2 is 2.14 bits per heavy atom. The number of hydrogen-bond donors (Lipinski definition) is 0. The topological polar surface area (TPSA) is 23.8 Å². The van der Waals surface area contributed by atoms with Gasteiger partial charge in [-0.3, -0.25) is 0 Å². The first-order valence-electron chi connectivity index (χ1n) is 4.39. The van der Waals surface area contributed by atoms with Crippen molar-refractivity contribution in [3.05, 3.63) is 34.6 Å². The molecule has 1 aromatic rings. The Hall–Kier alpha value is -1.07. The molecule has 1 atom stereocenters. The van der Waals surface area contributed by atoms with Crippen molar-refractivity contribution in [3.8, 4) is 6.07 Å². The van der Waals surface area contributed by atoms with Gasteiger partial charge in [0.25, 0.3) is 0 Å². The van der Waals surface area contributed by atoms with Crippen molar-refractivity contribution < 1.29 is 4.39 Å². The molecule has 74 valence electrons. The number of halogens is 2. The number of nitrogens with zero attached hydrogens (tertiary/aromatic N) is 1. The second kappa shape index (κ2) is 3.98. The van der Waals surface area contributed by atoms with E-state index >= 15 is 0 Å². The number of hydrogen-bond acceptors (Lipinski definition) is 1. The normalized spacial score (nSPS) is 14.5. The highest BCUT2D eigenvalue weighted by molar-refractivity contribution is 6.30. The lowest BCUT2D eigenvalue weighted by Crippen LogP contribution is -2.18. The standard InChI is InChI=1S/C11H11ClFN/c1-3-11(2,7-14)8-4-9(12)6-10(13)5-8/h4-6H,3H2,1-2H3. The first-order chi connectivity index (χ1) is 6.51. The molecule has 0 heterocycles. The second-order valence-electron chi connectivity index (χ2n) is 3.46. The van der Waals surface area contributed by atoms with Gasteiger partial charge in [-0.15, -0.1) is 0 Å². The molecule has 0 saturated carbocycles. The van der Waals surface area contributed by atoms with Crippen LogP contribution in [-0.4, -0.2) is 0 Å². The molecule has 0 aliphatic heterocycles. The summed E-state index contributed by atoms with van der Waals surface area (Å²) < 4.78 is 13.0. The Labute approximate surface area is 88.1 Å². The molecule has 0 saturated heterocycles. The Bertz CT molecular complexity index is 363. The summed E-state index contributed by atoms with van der Waals surface area (Å²) in [5.74, 6) is -0.401. The van der Waals surface area contributed by atoms with Crippen LogP contribution in [0.3, 0.4) is 0 Å². The first kappa shape index (κ1) is 11.0. The maximum absolute atomic E-state index is 13.0. The second-order valence-corrected chi connectivity index (χ2v) is 3.89. The predicted octanol–water partition coefficient (Wildman–Crippen LogP) is 3.67. The molecule has 3 heteroatoms. The van der Waals surface area contributed by atoms with Crippen molar-refractivity contribution in [1.82, 2.24) is 0 Å². The Morgan fingerprint density at radius 1 is 1.50 bits per heavy atom. The summed E-state index contributed by atoms with van der Waals surface area (Å²) in [5, 5.41) is 9.33. The van der Waals surface area contributed by atoms with Gasteiger partial charge in [0.1, 0.15) is 5.82 Å². The molecule has 1 aromatic carbocycles. The van der Waals surface area contributed by atoms with Gasteiger partial charge in [0, 0.05) is 5.02 Å². The van der Waals surface area contributed by atoms with Gasteiger partial charge in [0.05, 0.1) is 11.5 Å². The molecule has 0 fully saturated rings. The Balaban J connectivity index is 3.26. The van der Waals surface area contributed by atoms with E-state index in [-0.39, 0.29) is 0 Å². The van der Waals surface area contributed by atoms with Crippen LogP contribution < -0.4 is 0 Å². The highest BCUT2D eigenvalue weighted by Gasteiger charge is 2.24. The molecule has 0 amide bonds. The number of benzene rings is 1. The molecule has 1 nitrogen and oxygen atoms in total. The molecule has 0 bridgehead atoms. The average molecular weight is 212 g/mol. The molecule has 0 aliphatic carbocycles. The zero-order valence-corrected chi connectivity index (χ0v) is 8.90. The van der Waals surface area contributed by atoms with Crippen LogP contribution >= 0.6 is 11.6 Å². The molecule has 14 heavy (non-hydrogen) atoms. The van der Waals surface area contributed by atoms with Crippen LogP contribution in [-0.2, 0) is 5.41 Å². The lowest BCUT2D eigenvalue weighted by atomic mass is 9.82. The fourth-order valence-electron chi connectivity index (χ4n) is 1.22. The summed E-state index contributed by atoms with van der Waals surface area (Å²) in [6.45, 7) is 3.67. The van der Waals surface area contributed by atoms with E-state index in [1.165, 1.54) is 12.1 Å². The molecular weight excluding hydrogens is 201 g/mol. The van der Waals surface area contributed by atoms with Crippen molar-refractivity contribution in [1.29, 1.82) is 5.26 Å². The zero-order valence-electron chi connectivity index (χ0n) is 8.14. The lowest BCUT2D eigenvalue weighted by molar-refractivity contribution is 0.571. The van der Waals surface area contributed by atoms with E-state index in [0.29, 0.717) is 17.0 Å². The third-order valence-corrected chi connectivity index (χ3v) is 2.67. The molecule has 0 spiro atoms. The van der Waals surface area contributed by atoms with E-state index in [1.54, 1.807) is 13.0 Å². The average Bonchev–Trinajstić information content (AvgIpc) is 2.15. The lowest BCUT2D eigenvalue weighted by Gasteiger charge is -2.20. The summed E-state index contributed by atoms with van der Waals surface area (Å²) in [4.78, 5) is 0. The van der Waals surface area contributed by atoms with Crippen LogP contribution in [0.5, 0.6) is 0 Å². The van der Waals surface area contributed by atoms with Gasteiger partial charge in [0.2, 0.25) is 0 Å². The summed E-state index contributed by atoms with van der Waals surface area (Å²) in [7, 11) is 0. The fraction of sp³-hybridized carbons (Fsp3) is 0.364. The third kappa shape index (κ3) is 2.05. The molecule has 1 unspecified atom stereocenters. The largest absolute Gasteiger partial charge is 0.207 e. The van der Waals surface area contributed by atoms with Crippen LogP contribution in [0.4, 0.5) is 4.39 Å². The molecule has 1 rings (SSSR count). The minimum absolute atomic E-state index is 0.329. The summed E-state index contributed by atoms with van der Waals surface area (Å²) in [6, 6.07) is 6.40. The molecule has 0 aromatic heterocycles. The van der Waals surface area contributed by atoms with Crippen LogP contribution in [0, 0.1) is 17.1 Å². The Morgan fingerprint density at radius 3 is 2.57 bits per heavy atom. The SMILES string of the molecule is CCC(C)(C#N)c1cc(F)cc(Cl)c1.